The number of fused-ring (bicyclic) bond motifs is 1. The van der Waals surface area contributed by atoms with E-state index in [-0.39, 0.29) is 35.7 Å². The first-order valence-electron chi connectivity index (χ1n) is 10.3. The van der Waals surface area contributed by atoms with Crippen molar-refractivity contribution in [2.75, 3.05) is 13.1 Å². The minimum atomic E-state index is -0.714. The molecular formula is C22H19F2N5O2S2. The van der Waals surface area contributed by atoms with E-state index in [1.165, 1.54) is 34.8 Å². The van der Waals surface area contributed by atoms with Crippen molar-refractivity contribution in [2.24, 2.45) is 0 Å². The Morgan fingerprint density at radius 3 is 2.64 bits per heavy atom. The van der Waals surface area contributed by atoms with E-state index in [1.54, 1.807) is 29.3 Å². The van der Waals surface area contributed by atoms with Crippen molar-refractivity contribution in [3.05, 3.63) is 63.5 Å². The van der Waals surface area contributed by atoms with Crippen molar-refractivity contribution in [1.29, 1.82) is 0 Å². The number of thiazole rings is 2. The molecule has 1 aliphatic heterocycles. The number of aryl methyl sites for hydroxylation is 2. The number of halogens is 2. The van der Waals surface area contributed by atoms with E-state index in [0.717, 1.165) is 17.4 Å². The van der Waals surface area contributed by atoms with Crippen molar-refractivity contribution in [1.82, 2.24) is 24.6 Å². The molecule has 1 saturated heterocycles. The lowest BCUT2D eigenvalue weighted by Gasteiger charge is -2.40. The van der Waals surface area contributed by atoms with Crippen molar-refractivity contribution in [3.8, 4) is 10.4 Å². The molecule has 1 N–H and O–H groups in total. The molecule has 2 amide bonds. The average Bonchev–Trinajstić information content (AvgIpc) is 3.40. The first kappa shape index (κ1) is 21.7. The minimum absolute atomic E-state index is 0.171. The van der Waals surface area contributed by atoms with Crippen LogP contribution >= 0.6 is 22.7 Å². The zero-order chi connectivity index (χ0) is 23.3. The van der Waals surface area contributed by atoms with Crippen LogP contribution in [0.4, 0.5) is 8.78 Å². The highest BCUT2D eigenvalue weighted by Crippen LogP contribution is 2.33. The van der Waals surface area contributed by atoms with E-state index >= 15 is 0 Å². The normalized spacial score (nSPS) is 15.6. The van der Waals surface area contributed by atoms with Gasteiger partial charge in [0.25, 0.3) is 11.8 Å². The number of rotatable bonds is 5. The van der Waals surface area contributed by atoms with Gasteiger partial charge in [0.15, 0.2) is 4.96 Å². The molecule has 4 heterocycles. The number of imidazole rings is 1. The largest absolute Gasteiger partial charge is 0.349 e. The lowest BCUT2D eigenvalue weighted by molar-refractivity contribution is 0.0451. The van der Waals surface area contributed by atoms with E-state index in [4.69, 9.17) is 0 Å². The summed E-state index contributed by atoms with van der Waals surface area (Å²) in [5, 5.41) is 5.39. The quantitative estimate of drug-likeness (QED) is 0.461. The number of carbonyl (C=O) groups is 2. The molecule has 1 aliphatic rings. The highest BCUT2D eigenvalue weighted by Gasteiger charge is 2.36. The monoisotopic (exact) mass is 487 g/mol. The zero-order valence-corrected chi connectivity index (χ0v) is 19.4. The number of nitrogens with zero attached hydrogens (tertiary/aromatic N) is 4. The summed E-state index contributed by atoms with van der Waals surface area (Å²) in [6.45, 7) is 4.34. The summed E-state index contributed by atoms with van der Waals surface area (Å²) < 4.78 is 29.3. The smallest absolute Gasteiger partial charge is 0.274 e. The van der Waals surface area contributed by atoms with Gasteiger partial charge in [-0.05, 0) is 38.0 Å². The molecule has 1 unspecified atom stereocenters. The molecular weight excluding hydrogens is 468 g/mol. The van der Waals surface area contributed by atoms with Gasteiger partial charge < -0.3 is 10.2 Å². The molecule has 1 aromatic carbocycles. The van der Waals surface area contributed by atoms with Gasteiger partial charge in [0.2, 0.25) is 0 Å². The molecule has 1 atom stereocenters. The highest BCUT2D eigenvalue weighted by molar-refractivity contribution is 7.15. The topological polar surface area (TPSA) is 79.6 Å². The van der Waals surface area contributed by atoms with Gasteiger partial charge in [-0.3, -0.25) is 14.0 Å². The fourth-order valence-corrected chi connectivity index (χ4v) is 5.63. The summed E-state index contributed by atoms with van der Waals surface area (Å²) in [6, 6.07) is 2.99. The maximum absolute atomic E-state index is 13.8. The van der Waals surface area contributed by atoms with Gasteiger partial charge >= 0.3 is 0 Å². The Labute approximate surface area is 195 Å². The standard InChI is InChI=1S/C22H19F2N5O2S2/c1-11-18(29-5-6-32-22(29)26-11)20(30)25-10-16-3-4-28(16)21(31)17-19(33-12(2)27-17)13-7-14(23)9-15(24)8-13/h5-9,16H,3-4,10H2,1-2H3,(H,25,30). The molecule has 5 rings (SSSR count). The zero-order valence-electron chi connectivity index (χ0n) is 17.8. The third kappa shape index (κ3) is 3.91. The first-order valence-corrected chi connectivity index (χ1v) is 12.0. The Bertz CT molecular complexity index is 1370. The summed E-state index contributed by atoms with van der Waals surface area (Å²) in [5.41, 5.74) is 1.58. The van der Waals surface area contributed by atoms with Gasteiger partial charge in [-0.2, -0.15) is 0 Å². The molecule has 11 heteroatoms. The predicted molar refractivity (Wildman–Crippen MR) is 122 cm³/mol. The number of amides is 2. The maximum atomic E-state index is 13.8. The molecule has 33 heavy (non-hydrogen) atoms. The van der Waals surface area contributed by atoms with Gasteiger partial charge in [0, 0.05) is 30.7 Å². The van der Waals surface area contributed by atoms with E-state index < -0.39 is 11.6 Å². The van der Waals surface area contributed by atoms with Gasteiger partial charge in [-0.25, -0.2) is 18.7 Å². The maximum Gasteiger partial charge on any atom is 0.274 e. The van der Waals surface area contributed by atoms with Gasteiger partial charge in [-0.1, -0.05) is 0 Å². The lowest BCUT2D eigenvalue weighted by Crippen LogP contribution is -2.56. The second-order valence-corrected chi connectivity index (χ2v) is 9.90. The number of benzene rings is 1. The SMILES string of the molecule is Cc1nc(C(=O)N2CCC2CNC(=O)c2c(C)nc3sccn23)c(-c2cc(F)cc(F)c2)s1. The van der Waals surface area contributed by atoms with Gasteiger partial charge in [0.1, 0.15) is 23.0 Å². The van der Waals surface area contributed by atoms with E-state index in [1.807, 2.05) is 5.38 Å². The second kappa shape index (κ2) is 8.31. The van der Waals surface area contributed by atoms with Crippen LogP contribution in [0.5, 0.6) is 0 Å². The number of likely N-dealkylation sites (tertiary alicyclic amines) is 1. The van der Waals surface area contributed by atoms with Gasteiger partial charge in [0.05, 0.1) is 21.6 Å². The molecule has 7 nitrogen and oxygen atoms in total. The van der Waals surface area contributed by atoms with Crippen molar-refractivity contribution >= 4 is 39.4 Å². The van der Waals surface area contributed by atoms with Crippen LogP contribution in [0, 0.1) is 25.5 Å². The van der Waals surface area contributed by atoms with Crippen LogP contribution in [0.15, 0.2) is 29.8 Å². The molecule has 4 aromatic rings. The van der Waals surface area contributed by atoms with E-state index in [2.05, 4.69) is 15.3 Å². The molecule has 0 saturated carbocycles. The van der Waals surface area contributed by atoms with Gasteiger partial charge in [-0.15, -0.1) is 22.7 Å². The van der Waals surface area contributed by atoms with Crippen LogP contribution in [0.3, 0.4) is 0 Å². The van der Waals surface area contributed by atoms with Crippen LogP contribution < -0.4 is 5.32 Å². The number of hydrogen-bond donors (Lipinski definition) is 1. The summed E-state index contributed by atoms with van der Waals surface area (Å²) in [5.74, 6) is -1.99. The van der Waals surface area contributed by atoms with Crippen molar-refractivity contribution in [2.45, 2.75) is 26.3 Å². The van der Waals surface area contributed by atoms with Crippen LogP contribution in [0.2, 0.25) is 0 Å². The molecule has 0 radical (unpaired) electrons. The Balaban J connectivity index is 1.32. The number of hydrogen-bond acceptors (Lipinski definition) is 6. The lowest BCUT2D eigenvalue weighted by atomic mass is 10.0. The Morgan fingerprint density at radius 1 is 1.18 bits per heavy atom. The number of aromatic nitrogens is 3. The Morgan fingerprint density at radius 2 is 1.94 bits per heavy atom. The third-order valence-corrected chi connectivity index (χ3v) is 7.39. The van der Waals surface area contributed by atoms with Crippen LogP contribution in [0.1, 0.15) is 38.1 Å². The Hall–Kier alpha value is -3.18. The minimum Gasteiger partial charge on any atom is -0.349 e. The fraction of sp³-hybridized carbons (Fsp3) is 0.273. The molecule has 3 aromatic heterocycles. The predicted octanol–water partition coefficient (Wildman–Crippen LogP) is 4.06. The van der Waals surface area contributed by atoms with Crippen LogP contribution in [-0.4, -0.2) is 50.2 Å². The Kier molecular flexibility index (Phi) is 5.45. The highest BCUT2D eigenvalue weighted by atomic mass is 32.1. The fourth-order valence-electron chi connectivity index (χ4n) is 3.97. The molecule has 170 valence electrons. The third-order valence-electron chi connectivity index (χ3n) is 5.62. The van der Waals surface area contributed by atoms with E-state index in [0.29, 0.717) is 27.8 Å². The summed E-state index contributed by atoms with van der Waals surface area (Å²) in [6.07, 6.45) is 2.54. The summed E-state index contributed by atoms with van der Waals surface area (Å²) >= 11 is 2.67. The molecule has 0 aliphatic carbocycles. The van der Waals surface area contributed by atoms with E-state index in [9.17, 15) is 18.4 Å². The average molecular weight is 488 g/mol. The van der Waals surface area contributed by atoms with Crippen LogP contribution in [0.25, 0.3) is 15.4 Å². The summed E-state index contributed by atoms with van der Waals surface area (Å²) in [7, 11) is 0. The first-order chi connectivity index (χ1) is 15.8. The number of carbonyl (C=O) groups excluding carboxylic acids is 2. The summed E-state index contributed by atoms with van der Waals surface area (Å²) in [4.78, 5) is 37.6. The number of nitrogens with one attached hydrogen (secondary N) is 1. The molecule has 0 bridgehead atoms. The second-order valence-electron chi connectivity index (χ2n) is 7.82. The van der Waals surface area contributed by atoms with Crippen molar-refractivity contribution in [3.63, 3.8) is 0 Å². The molecule has 0 spiro atoms. The van der Waals surface area contributed by atoms with Crippen molar-refractivity contribution < 1.29 is 18.4 Å². The molecule has 1 fully saturated rings. The van der Waals surface area contributed by atoms with Crippen LogP contribution in [-0.2, 0) is 0 Å².